The zero-order valence-corrected chi connectivity index (χ0v) is 15.5. The van der Waals surface area contributed by atoms with Crippen molar-refractivity contribution in [2.24, 2.45) is 0 Å². The summed E-state index contributed by atoms with van der Waals surface area (Å²) in [7, 11) is 0. The highest BCUT2D eigenvalue weighted by Crippen LogP contribution is 2.41. The third kappa shape index (κ3) is 4.25. The Hall–Kier alpha value is -1.86. The molecule has 0 bridgehead atoms. The molecule has 3 atom stereocenters. The van der Waals surface area contributed by atoms with Crippen LogP contribution in [0.2, 0.25) is 0 Å². The van der Waals surface area contributed by atoms with Gasteiger partial charge in [0.1, 0.15) is 0 Å². The summed E-state index contributed by atoms with van der Waals surface area (Å²) in [5.74, 6) is -1.82. The zero-order chi connectivity index (χ0) is 20.5. The molecule has 1 aromatic rings. The number of hydrogen-bond donors (Lipinski definition) is 4. The van der Waals surface area contributed by atoms with Gasteiger partial charge in [0.2, 0.25) is 0 Å². The fourth-order valence-corrected chi connectivity index (χ4v) is 4.76. The van der Waals surface area contributed by atoms with Crippen molar-refractivity contribution in [1.29, 1.82) is 0 Å². The summed E-state index contributed by atoms with van der Waals surface area (Å²) in [6.07, 6.45) is -1.11. The molecule has 2 saturated heterocycles. The first-order valence-electron chi connectivity index (χ1n) is 8.68. The van der Waals surface area contributed by atoms with Gasteiger partial charge in [-0.25, -0.2) is 9.48 Å². The summed E-state index contributed by atoms with van der Waals surface area (Å²) >= 11 is 1.95. The Labute approximate surface area is 162 Å². The average molecular weight is 423 g/mol. The maximum Gasteiger partial charge on any atom is 0.490 e. The van der Waals surface area contributed by atoms with Crippen molar-refractivity contribution in [2.75, 3.05) is 18.8 Å². The van der Waals surface area contributed by atoms with E-state index in [9.17, 15) is 23.1 Å². The zero-order valence-electron chi connectivity index (χ0n) is 14.6. The van der Waals surface area contributed by atoms with E-state index in [4.69, 9.17) is 9.90 Å². The highest BCUT2D eigenvalue weighted by atomic mass is 32.2. The van der Waals surface area contributed by atoms with Crippen LogP contribution in [0.3, 0.4) is 0 Å². The Morgan fingerprint density at radius 3 is 2.46 bits per heavy atom. The molecule has 3 fully saturated rings. The molecule has 156 valence electrons. The smallest absolute Gasteiger partial charge is 0.475 e. The highest BCUT2D eigenvalue weighted by Gasteiger charge is 2.49. The van der Waals surface area contributed by atoms with Crippen LogP contribution < -0.4 is 10.6 Å². The second kappa shape index (κ2) is 7.87. The van der Waals surface area contributed by atoms with E-state index in [0.717, 1.165) is 38.1 Å². The van der Waals surface area contributed by atoms with Gasteiger partial charge in [0.15, 0.2) is 5.69 Å². The number of carboxylic acids is 1. The monoisotopic (exact) mass is 423 g/mol. The van der Waals surface area contributed by atoms with Gasteiger partial charge < -0.3 is 20.8 Å². The molecule has 13 heteroatoms. The van der Waals surface area contributed by atoms with Crippen LogP contribution in [0.25, 0.3) is 0 Å². The number of amides is 1. The van der Waals surface area contributed by atoms with Gasteiger partial charge in [0.05, 0.1) is 23.1 Å². The number of carboxylic acid groups (broad SMARTS) is 1. The molecule has 3 heterocycles. The molecule has 1 aliphatic carbocycles. The van der Waals surface area contributed by atoms with Crippen molar-refractivity contribution >= 4 is 23.6 Å². The first kappa shape index (κ1) is 20.9. The van der Waals surface area contributed by atoms with E-state index in [-0.39, 0.29) is 28.8 Å². The quantitative estimate of drug-likeness (QED) is 0.542. The number of nitrogens with zero attached hydrogens (tertiary/aromatic N) is 3. The van der Waals surface area contributed by atoms with Crippen molar-refractivity contribution in [3.8, 4) is 0 Å². The van der Waals surface area contributed by atoms with Gasteiger partial charge in [-0.2, -0.15) is 24.9 Å². The Morgan fingerprint density at radius 2 is 2.00 bits per heavy atom. The summed E-state index contributed by atoms with van der Waals surface area (Å²) in [6, 6.07) is 0.180. The fraction of sp³-hybridized carbons (Fsp3) is 0.733. The molecule has 0 aromatic carbocycles. The van der Waals surface area contributed by atoms with Gasteiger partial charge in [-0.3, -0.25) is 4.79 Å². The number of halogens is 3. The lowest BCUT2D eigenvalue weighted by Gasteiger charge is -2.43. The molecule has 0 radical (unpaired) electrons. The van der Waals surface area contributed by atoms with E-state index in [1.165, 1.54) is 0 Å². The molecule has 9 nitrogen and oxygen atoms in total. The lowest BCUT2D eigenvalue weighted by atomic mass is 9.89. The minimum Gasteiger partial charge on any atom is -0.475 e. The summed E-state index contributed by atoms with van der Waals surface area (Å²) in [5, 5.41) is 31.1. The number of aliphatic hydroxyl groups is 1. The van der Waals surface area contributed by atoms with Gasteiger partial charge in [0, 0.05) is 19.1 Å². The summed E-state index contributed by atoms with van der Waals surface area (Å²) in [6.45, 7) is 1.92. The van der Waals surface area contributed by atoms with Crippen LogP contribution >= 0.6 is 11.8 Å². The van der Waals surface area contributed by atoms with Crippen LogP contribution in [0.5, 0.6) is 0 Å². The number of hydrogen-bond acceptors (Lipinski definition) is 7. The molecular formula is C15H20F3N5O4S. The van der Waals surface area contributed by atoms with Crippen LogP contribution in [0.15, 0.2) is 6.20 Å². The molecule has 1 aromatic heterocycles. The van der Waals surface area contributed by atoms with Crippen molar-refractivity contribution in [3.05, 3.63) is 11.9 Å². The molecule has 1 spiro atoms. The van der Waals surface area contributed by atoms with Crippen molar-refractivity contribution in [2.45, 2.75) is 48.4 Å². The minimum atomic E-state index is -5.08. The highest BCUT2D eigenvalue weighted by molar-refractivity contribution is 8.01. The SMILES string of the molecule is O=C(NC1CCSC12CNC2)c1cn([C@@H]2CC[C@H]2O)nn1.O=C(O)C(F)(F)F. The molecule has 1 unspecified atom stereocenters. The molecule has 28 heavy (non-hydrogen) atoms. The number of carbonyl (C=O) groups excluding carboxylic acids is 1. The second-order valence-electron chi connectivity index (χ2n) is 6.93. The van der Waals surface area contributed by atoms with E-state index in [1.54, 1.807) is 10.9 Å². The van der Waals surface area contributed by atoms with Crippen molar-refractivity contribution < 1.29 is 33.0 Å². The molecule has 1 saturated carbocycles. The number of aliphatic carboxylic acids is 1. The van der Waals surface area contributed by atoms with E-state index in [0.29, 0.717) is 5.69 Å². The number of aromatic nitrogens is 3. The lowest BCUT2D eigenvalue weighted by Crippen LogP contribution is -2.65. The van der Waals surface area contributed by atoms with Crippen molar-refractivity contribution in [1.82, 2.24) is 25.6 Å². The topological polar surface area (TPSA) is 129 Å². The van der Waals surface area contributed by atoms with Gasteiger partial charge in [-0.15, -0.1) is 5.10 Å². The van der Waals surface area contributed by atoms with Gasteiger partial charge in [-0.1, -0.05) is 5.21 Å². The Kier molecular flexibility index (Phi) is 5.87. The van der Waals surface area contributed by atoms with Crippen molar-refractivity contribution in [3.63, 3.8) is 0 Å². The Bertz CT molecular complexity index is 740. The number of alkyl halides is 3. The summed E-state index contributed by atoms with van der Waals surface area (Å²) in [4.78, 5) is 21.2. The maximum absolute atomic E-state index is 12.3. The number of carbonyl (C=O) groups is 2. The number of aliphatic hydroxyl groups excluding tert-OH is 1. The lowest BCUT2D eigenvalue weighted by molar-refractivity contribution is -0.192. The molecule has 3 aliphatic rings. The standard InChI is InChI=1S/C13H19N5O2S.C2HF3O2/c19-10-2-1-9(10)18-5-8(16-17-18)12(20)15-11-3-4-21-13(11)6-14-7-13;3-2(4,5)1(6)7/h5,9-11,14,19H,1-4,6-7H2,(H,15,20);(H,6,7)/t9-,10-,11?;/m1./s1. The Balaban J connectivity index is 0.000000279. The molecule has 4 rings (SSSR count). The van der Waals surface area contributed by atoms with Gasteiger partial charge >= 0.3 is 12.1 Å². The minimum absolute atomic E-state index is 0.0248. The maximum atomic E-state index is 12.3. The van der Waals surface area contributed by atoms with Crippen LogP contribution in [0, 0.1) is 0 Å². The first-order chi connectivity index (χ1) is 13.1. The number of nitrogens with one attached hydrogen (secondary N) is 2. The summed E-state index contributed by atoms with van der Waals surface area (Å²) < 4.78 is 33.5. The fourth-order valence-electron chi connectivity index (χ4n) is 3.22. The van der Waals surface area contributed by atoms with E-state index < -0.39 is 12.1 Å². The first-order valence-corrected chi connectivity index (χ1v) is 9.66. The van der Waals surface area contributed by atoms with Crippen LogP contribution in [0.4, 0.5) is 13.2 Å². The molecule has 1 amide bonds. The molecule has 2 aliphatic heterocycles. The molecule has 4 N–H and O–H groups in total. The van der Waals surface area contributed by atoms with E-state index in [2.05, 4.69) is 20.9 Å². The third-order valence-corrected chi connectivity index (χ3v) is 6.70. The summed E-state index contributed by atoms with van der Waals surface area (Å²) in [5.41, 5.74) is 0.341. The second-order valence-corrected chi connectivity index (χ2v) is 8.44. The van der Waals surface area contributed by atoms with E-state index in [1.807, 2.05) is 11.8 Å². The molecular weight excluding hydrogens is 403 g/mol. The average Bonchev–Trinajstić information content (AvgIpc) is 3.20. The normalized spacial score (nSPS) is 27.9. The number of rotatable bonds is 3. The van der Waals surface area contributed by atoms with Crippen LogP contribution in [-0.2, 0) is 4.79 Å². The largest absolute Gasteiger partial charge is 0.490 e. The van der Waals surface area contributed by atoms with Crippen LogP contribution in [0.1, 0.15) is 35.8 Å². The number of thioether (sulfide) groups is 1. The van der Waals surface area contributed by atoms with Gasteiger partial charge in [-0.05, 0) is 25.0 Å². The van der Waals surface area contributed by atoms with E-state index >= 15 is 0 Å². The predicted molar refractivity (Wildman–Crippen MR) is 91.9 cm³/mol. The Morgan fingerprint density at radius 1 is 1.32 bits per heavy atom. The predicted octanol–water partition coefficient (Wildman–Crippen LogP) is 0.184. The van der Waals surface area contributed by atoms with Gasteiger partial charge in [0.25, 0.3) is 5.91 Å². The van der Waals surface area contributed by atoms with Crippen LogP contribution in [-0.4, -0.2) is 79.0 Å². The third-order valence-electron chi connectivity index (χ3n) is 5.11.